The predicted molar refractivity (Wildman–Crippen MR) is 115 cm³/mol. The van der Waals surface area contributed by atoms with Gasteiger partial charge in [-0.3, -0.25) is 4.40 Å². The van der Waals surface area contributed by atoms with Crippen LogP contribution in [0.3, 0.4) is 0 Å². The van der Waals surface area contributed by atoms with Crippen molar-refractivity contribution in [1.82, 2.24) is 24.3 Å². The van der Waals surface area contributed by atoms with E-state index in [1.165, 1.54) is 38.1 Å². The Bertz CT molecular complexity index is 1260. The standard InChI is InChI=1S/C22H20ClFN6O/c23-16-11-14(24)1-2-15(16)19-20(30-9-10-31-22(30)28-19)17-3-6-25-21(26-17)27-18-12-29-7-4-13(18)5-8-29/h1-3,6,9-11,13,18H,4-5,7-8,12H2,(H,25,26,27)/t18-/m1/s1. The molecule has 1 atom stereocenters. The van der Waals surface area contributed by atoms with Crippen LogP contribution in [0.2, 0.25) is 5.02 Å². The summed E-state index contributed by atoms with van der Waals surface area (Å²) in [4.78, 5) is 16.3. The molecule has 3 saturated heterocycles. The molecule has 9 heteroatoms. The van der Waals surface area contributed by atoms with Gasteiger partial charge in [-0.15, -0.1) is 0 Å². The summed E-state index contributed by atoms with van der Waals surface area (Å²) in [5, 5.41) is 3.82. The lowest BCUT2D eigenvalue weighted by Crippen LogP contribution is -2.53. The number of rotatable bonds is 4. The molecule has 3 aliphatic rings. The Labute approximate surface area is 182 Å². The van der Waals surface area contributed by atoms with E-state index in [2.05, 4.69) is 20.2 Å². The second-order valence-corrected chi connectivity index (χ2v) is 8.55. The Balaban J connectivity index is 1.41. The number of benzene rings is 1. The Kier molecular flexibility index (Phi) is 4.43. The number of oxazole rings is 1. The number of fused-ring (bicyclic) bond motifs is 4. The zero-order chi connectivity index (χ0) is 20.9. The second-order valence-electron chi connectivity index (χ2n) is 8.14. The van der Waals surface area contributed by atoms with Crippen LogP contribution < -0.4 is 5.32 Å². The molecule has 3 aliphatic heterocycles. The van der Waals surface area contributed by atoms with Gasteiger partial charge in [0.2, 0.25) is 5.95 Å². The van der Waals surface area contributed by atoms with Gasteiger partial charge in [0.1, 0.15) is 23.5 Å². The number of nitrogens with zero attached hydrogens (tertiary/aromatic N) is 5. The number of hydrogen-bond acceptors (Lipinski definition) is 6. The van der Waals surface area contributed by atoms with Crippen molar-refractivity contribution >= 4 is 23.4 Å². The molecule has 7 nitrogen and oxygen atoms in total. The van der Waals surface area contributed by atoms with Crippen LogP contribution in [0.4, 0.5) is 10.3 Å². The number of nitrogens with one attached hydrogen (secondary N) is 1. The van der Waals surface area contributed by atoms with E-state index in [1.54, 1.807) is 24.7 Å². The van der Waals surface area contributed by atoms with Crippen molar-refractivity contribution in [2.75, 3.05) is 25.0 Å². The number of aromatic nitrogens is 4. The molecular formula is C22H20ClFN6O. The molecule has 0 unspecified atom stereocenters. The predicted octanol–water partition coefficient (Wildman–Crippen LogP) is 4.35. The summed E-state index contributed by atoms with van der Waals surface area (Å²) in [6.07, 6.45) is 7.50. The molecule has 0 amide bonds. The Morgan fingerprint density at radius 2 is 2.03 bits per heavy atom. The highest BCUT2D eigenvalue weighted by atomic mass is 35.5. The van der Waals surface area contributed by atoms with Crippen LogP contribution in [-0.4, -0.2) is 49.9 Å². The third kappa shape index (κ3) is 3.26. The molecule has 158 valence electrons. The summed E-state index contributed by atoms with van der Waals surface area (Å²) in [6.45, 7) is 3.38. The minimum atomic E-state index is -0.399. The molecule has 6 heterocycles. The van der Waals surface area contributed by atoms with Gasteiger partial charge in [0, 0.05) is 30.5 Å². The minimum absolute atomic E-state index is 0.279. The summed E-state index contributed by atoms with van der Waals surface area (Å²) < 4.78 is 20.9. The van der Waals surface area contributed by atoms with E-state index < -0.39 is 5.82 Å². The van der Waals surface area contributed by atoms with Gasteiger partial charge in [-0.25, -0.2) is 14.4 Å². The first-order chi connectivity index (χ1) is 15.2. The van der Waals surface area contributed by atoms with E-state index in [4.69, 9.17) is 21.0 Å². The molecule has 0 radical (unpaired) electrons. The van der Waals surface area contributed by atoms with Gasteiger partial charge >= 0.3 is 5.84 Å². The van der Waals surface area contributed by atoms with Crippen LogP contribution >= 0.6 is 11.6 Å². The van der Waals surface area contributed by atoms with Gasteiger partial charge in [0.05, 0.1) is 10.7 Å². The average Bonchev–Trinajstić information content (AvgIpc) is 3.36. The summed E-state index contributed by atoms with van der Waals surface area (Å²) in [5.74, 6) is 1.26. The molecule has 4 aromatic rings. The zero-order valence-corrected chi connectivity index (χ0v) is 17.4. The molecule has 0 spiro atoms. The highest BCUT2D eigenvalue weighted by molar-refractivity contribution is 6.33. The molecule has 7 rings (SSSR count). The fraction of sp³-hybridized carbons (Fsp3) is 0.318. The maximum atomic E-state index is 13.6. The van der Waals surface area contributed by atoms with Crippen LogP contribution in [0.15, 0.2) is 47.3 Å². The molecule has 31 heavy (non-hydrogen) atoms. The van der Waals surface area contributed by atoms with Gasteiger partial charge in [-0.1, -0.05) is 11.6 Å². The van der Waals surface area contributed by atoms with E-state index in [1.807, 2.05) is 10.5 Å². The fourth-order valence-corrected chi connectivity index (χ4v) is 5.01. The first-order valence-corrected chi connectivity index (χ1v) is 10.8. The van der Waals surface area contributed by atoms with Gasteiger partial charge < -0.3 is 14.6 Å². The fourth-order valence-electron chi connectivity index (χ4n) is 4.75. The topological polar surface area (TPSA) is 71.5 Å². The molecule has 0 aliphatic carbocycles. The molecule has 0 saturated carbocycles. The average molecular weight is 439 g/mol. The van der Waals surface area contributed by atoms with Crippen molar-refractivity contribution in [3.63, 3.8) is 0 Å². The molecular weight excluding hydrogens is 419 g/mol. The van der Waals surface area contributed by atoms with E-state index in [9.17, 15) is 4.39 Å². The lowest BCUT2D eigenvalue weighted by Gasteiger charge is -2.44. The van der Waals surface area contributed by atoms with Crippen LogP contribution in [0.1, 0.15) is 12.8 Å². The lowest BCUT2D eigenvalue weighted by molar-refractivity contribution is 0.0972. The van der Waals surface area contributed by atoms with Crippen LogP contribution in [0.5, 0.6) is 0 Å². The smallest absolute Gasteiger partial charge is 0.306 e. The van der Waals surface area contributed by atoms with Crippen LogP contribution in [0, 0.1) is 11.7 Å². The first-order valence-electron chi connectivity index (χ1n) is 10.4. The maximum Gasteiger partial charge on any atom is 0.306 e. The van der Waals surface area contributed by atoms with E-state index in [-0.39, 0.29) is 5.02 Å². The van der Waals surface area contributed by atoms with Crippen molar-refractivity contribution in [1.29, 1.82) is 0 Å². The summed E-state index contributed by atoms with van der Waals surface area (Å²) >= 11 is 6.34. The van der Waals surface area contributed by atoms with Crippen LogP contribution in [0.25, 0.3) is 28.5 Å². The number of hydrogen-bond donors (Lipinski definition) is 1. The van der Waals surface area contributed by atoms with Crippen LogP contribution in [-0.2, 0) is 0 Å². The van der Waals surface area contributed by atoms with E-state index in [0.29, 0.717) is 40.7 Å². The van der Waals surface area contributed by atoms with E-state index >= 15 is 0 Å². The quantitative estimate of drug-likeness (QED) is 0.510. The van der Waals surface area contributed by atoms with Crippen molar-refractivity contribution in [3.8, 4) is 22.6 Å². The Morgan fingerprint density at radius 3 is 2.81 bits per heavy atom. The zero-order valence-electron chi connectivity index (χ0n) is 16.6. The van der Waals surface area contributed by atoms with Crippen molar-refractivity contribution in [3.05, 3.63) is 53.8 Å². The maximum absolute atomic E-state index is 13.6. The molecule has 3 aromatic heterocycles. The van der Waals surface area contributed by atoms with Crippen molar-refractivity contribution in [2.24, 2.45) is 5.92 Å². The summed E-state index contributed by atoms with van der Waals surface area (Å²) in [5.41, 5.74) is 2.60. The van der Waals surface area contributed by atoms with Gasteiger partial charge in [0.15, 0.2) is 0 Å². The first kappa shape index (κ1) is 18.8. The van der Waals surface area contributed by atoms with Crippen molar-refractivity contribution < 1.29 is 8.81 Å². The van der Waals surface area contributed by atoms with Gasteiger partial charge in [0.25, 0.3) is 0 Å². The Morgan fingerprint density at radius 1 is 1.16 bits per heavy atom. The summed E-state index contributed by atoms with van der Waals surface area (Å²) in [7, 11) is 0. The van der Waals surface area contributed by atoms with Gasteiger partial charge in [-0.2, -0.15) is 4.98 Å². The Hall–Kier alpha value is -2.97. The number of imidazole rings is 1. The number of anilines is 1. The third-order valence-corrected chi connectivity index (χ3v) is 6.63. The monoisotopic (exact) mass is 438 g/mol. The SMILES string of the molecule is Fc1ccc(-c2nc3occn3c2-c2ccnc(N[C@@H]3CN4CCC3CC4)n2)c(Cl)c1. The lowest BCUT2D eigenvalue weighted by atomic mass is 9.84. The molecule has 1 aromatic carbocycles. The van der Waals surface area contributed by atoms with Crippen molar-refractivity contribution in [2.45, 2.75) is 18.9 Å². The number of piperidine rings is 3. The largest absolute Gasteiger partial charge is 0.432 e. The molecule has 3 fully saturated rings. The molecule has 2 bridgehead atoms. The number of halogens is 2. The minimum Gasteiger partial charge on any atom is -0.432 e. The van der Waals surface area contributed by atoms with Gasteiger partial charge in [-0.05, 0) is 56.1 Å². The molecule has 1 N–H and O–H groups in total. The third-order valence-electron chi connectivity index (χ3n) is 6.32. The highest BCUT2D eigenvalue weighted by Gasteiger charge is 2.34. The summed E-state index contributed by atoms with van der Waals surface area (Å²) in [6, 6.07) is 6.45. The second kappa shape index (κ2) is 7.32. The van der Waals surface area contributed by atoms with E-state index in [0.717, 1.165) is 12.2 Å². The normalized spacial score (nSPS) is 22.8. The highest BCUT2D eigenvalue weighted by Crippen LogP contribution is 2.36.